The topological polar surface area (TPSA) is 47.8 Å². The maximum absolute atomic E-state index is 10.7. The van der Waals surface area contributed by atoms with Crippen LogP contribution in [0.15, 0.2) is 18.5 Å². The van der Waals surface area contributed by atoms with Gasteiger partial charge in [0.25, 0.3) is 0 Å². The fourth-order valence-corrected chi connectivity index (χ4v) is 1.85. The first-order valence-corrected chi connectivity index (χ1v) is 5.04. The molecule has 0 unspecified atom stereocenters. The normalized spacial score (nSPS) is 10.4. The summed E-state index contributed by atoms with van der Waals surface area (Å²) in [5, 5.41) is 4.34. The molecule has 0 amide bonds. The minimum absolute atomic E-state index is 0.583. The Bertz CT molecular complexity index is 543. The second-order valence-electron chi connectivity index (χ2n) is 3.79. The Balaban J connectivity index is 2.62. The Morgan fingerprint density at radius 1 is 1.31 bits per heavy atom. The average Bonchev–Trinajstić information content (AvgIpc) is 2.53. The minimum Gasteiger partial charge on any atom is -0.298 e. The third kappa shape index (κ3) is 1.62. The molecule has 4 nitrogen and oxygen atoms in total. The number of hydrogen-bond donors (Lipinski definition) is 0. The third-order valence-corrected chi connectivity index (χ3v) is 2.69. The molecule has 0 saturated carbocycles. The minimum atomic E-state index is 0.583. The van der Waals surface area contributed by atoms with Crippen LogP contribution >= 0.6 is 0 Å². The summed E-state index contributed by atoms with van der Waals surface area (Å²) in [6, 6.07) is 1.83. The van der Waals surface area contributed by atoms with Crippen LogP contribution in [0.4, 0.5) is 0 Å². The van der Waals surface area contributed by atoms with Gasteiger partial charge < -0.3 is 0 Å². The molecule has 0 fully saturated rings. The van der Waals surface area contributed by atoms with Crippen LogP contribution in [0, 0.1) is 13.8 Å². The van der Waals surface area contributed by atoms with Crippen molar-refractivity contribution in [2.45, 2.75) is 13.8 Å². The van der Waals surface area contributed by atoms with E-state index >= 15 is 0 Å². The van der Waals surface area contributed by atoms with Gasteiger partial charge in [0, 0.05) is 41.8 Å². The zero-order valence-corrected chi connectivity index (χ0v) is 9.56. The number of carbonyl (C=O) groups is 1. The van der Waals surface area contributed by atoms with Crippen LogP contribution in [0.1, 0.15) is 21.7 Å². The van der Waals surface area contributed by atoms with E-state index in [-0.39, 0.29) is 0 Å². The van der Waals surface area contributed by atoms with E-state index in [9.17, 15) is 4.79 Å². The number of aryl methyl sites for hydroxylation is 2. The van der Waals surface area contributed by atoms with E-state index in [1.165, 1.54) is 0 Å². The largest absolute Gasteiger partial charge is 0.298 e. The molecule has 0 radical (unpaired) electrons. The van der Waals surface area contributed by atoms with E-state index in [1.54, 1.807) is 12.4 Å². The SMILES string of the molecule is Cc1nn(C)c(C)c1-c1cncc(C=O)c1. The van der Waals surface area contributed by atoms with Gasteiger partial charge in [0.05, 0.1) is 5.69 Å². The molecule has 0 N–H and O–H groups in total. The van der Waals surface area contributed by atoms with Crippen molar-refractivity contribution in [3.05, 3.63) is 35.4 Å². The summed E-state index contributed by atoms with van der Waals surface area (Å²) < 4.78 is 1.83. The zero-order valence-electron chi connectivity index (χ0n) is 9.56. The third-order valence-electron chi connectivity index (χ3n) is 2.69. The second kappa shape index (κ2) is 3.89. The Morgan fingerprint density at radius 2 is 2.06 bits per heavy atom. The lowest BCUT2D eigenvalue weighted by Crippen LogP contribution is -1.93. The molecule has 2 aromatic heterocycles. The van der Waals surface area contributed by atoms with Gasteiger partial charge in [0.1, 0.15) is 0 Å². The van der Waals surface area contributed by atoms with Crippen LogP contribution in [0.25, 0.3) is 11.1 Å². The summed E-state index contributed by atoms with van der Waals surface area (Å²) in [7, 11) is 1.91. The Hall–Kier alpha value is -1.97. The summed E-state index contributed by atoms with van der Waals surface area (Å²) in [6.07, 6.45) is 4.11. The van der Waals surface area contributed by atoms with E-state index in [0.717, 1.165) is 28.8 Å². The highest BCUT2D eigenvalue weighted by Gasteiger charge is 2.11. The summed E-state index contributed by atoms with van der Waals surface area (Å²) in [5.74, 6) is 0. The Labute approximate surface area is 93.9 Å². The smallest absolute Gasteiger partial charge is 0.151 e. The molecular weight excluding hydrogens is 202 g/mol. The summed E-state index contributed by atoms with van der Waals surface area (Å²) in [4.78, 5) is 14.8. The van der Waals surface area contributed by atoms with E-state index < -0.39 is 0 Å². The molecule has 0 atom stereocenters. The van der Waals surface area contributed by atoms with Gasteiger partial charge in [-0.2, -0.15) is 5.10 Å². The molecule has 4 heteroatoms. The molecule has 0 saturated heterocycles. The predicted octanol–water partition coefficient (Wildman–Crippen LogP) is 1.91. The van der Waals surface area contributed by atoms with Crippen molar-refractivity contribution in [3.8, 4) is 11.1 Å². The van der Waals surface area contributed by atoms with Gasteiger partial charge in [0.2, 0.25) is 0 Å². The fourth-order valence-electron chi connectivity index (χ4n) is 1.85. The van der Waals surface area contributed by atoms with Crippen molar-refractivity contribution in [3.63, 3.8) is 0 Å². The quantitative estimate of drug-likeness (QED) is 0.719. The molecule has 0 aliphatic heterocycles. The van der Waals surface area contributed by atoms with Gasteiger partial charge in [-0.1, -0.05) is 0 Å². The Morgan fingerprint density at radius 3 is 2.62 bits per heavy atom. The maximum atomic E-state index is 10.7. The lowest BCUT2D eigenvalue weighted by atomic mass is 10.0. The number of aldehydes is 1. The molecule has 2 aromatic rings. The van der Waals surface area contributed by atoms with Crippen molar-refractivity contribution in [1.82, 2.24) is 14.8 Å². The molecule has 2 heterocycles. The standard InChI is InChI=1S/C12H13N3O/c1-8-12(9(2)15(3)14-8)11-4-10(7-16)5-13-6-11/h4-7H,1-3H3. The van der Waals surface area contributed by atoms with E-state index in [0.29, 0.717) is 5.56 Å². The predicted molar refractivity (Wildman–Crippen MR) is 61.3 cm³/mol. The molecule has 0 spiro atoms. The molecular formula is C12H13N3O. The summed E-state index contributed by atoms with van der Waals surface area (Å²) >= 11 is 0. The van der Waals surface area contributed by atoms with Crippen molar-refractivity contribution < 1.29 is 4.79 Å². The molecule has 0 aromatic carbocycles. The second-order valence-corrected chi connectivity index (χ2v) is 3.79. The van der Waals surface area contributed by atoms with Crippen molar-refractivity contribution >= 4 is 6.29 Å². The molecule has 16 heavy (non-hydrogen) atoms. The van der Waals surface area contributed by atoms with E-state index in [1.807, 2.05) is 31.6 Å². The number of pyridine rings is 1. The van der Waals surface area contributed by atoms with Gasteiger partial charge in [-0.15, -0.1) is 0 Å². The lowest BCUT2D eigenvalue weighted by molar-refractivity contribution is 0.112. The van der Waals surface area contributed by atoms with Gasteiger partial charge in [-0.3, -0.25) is 14.5 Å². The highest BCUT2D eigenvalue weighted by Crippen LogP contribution is 2.25. The highest BCUT2D eigenvalue weighted by atomic mass is 16.1. The van der Waals surface area contributed by atoms with E-state index in [2.05, 4.69) is 10.1 Å². The van der Waals surface area contributed by atoms with Crippen LogP contribution in [0.5, 0.6) is 0 Å². The molecule has 0 aliphatic carbocycles. The van der Waals surface area contributed by atoms with Gasteiger partial charge in [-0.05, 0) is 19.9 Å². The summed E-state index contributed by atoms with van der Waals surface area (Å²) in [5.41, 5.74) is 4.60. The van der Waals surface area contributed by atoms with Crippen LogP contribution < -0.4 is 0 Å². The van der Waals surface area contributed by atoms with E-state index in [4.69, 9.17) is 0 Å². The van der Waals surface area contributed by atoms with Gasteiger partial charge in [0.15, 0.2) is 6.29 Å². The lowest BCUT2D eigenvalue weighted by Gasteiger charge is -2.02. The highest BCUT2D eigenvalue weighted by molar-refractivity contribution is 5.78. The first-order valence-electron chi connectivity index (χ1n) is 5.04. The average molecular weight is 215 g/mol. The monoisotopic (exact) mass is 215 g/mol. The molecule has 82 valence electrons. The number of carbonyl (C=O) groups excluding carboxylic acids is 1. The van der Waals surface area contributed by atoms with Crippen LogP contribution in [-0.4, -0.2) is 21.1 Å². The number of rotatable bonds is 2. The van der Waals surface area contributed by atoms with Crippen LogP contribution in [-0.2, 0) is 7.05 Å². The first-order chi connectivity index (χ1) is 7.63. The van der Waals surface area contributed by atoms with Crippen LogP contribution in [0.3, 0.4) is 0 Å². The molecule has 0 aliphatic rings. The summed E-state index contributed by atoms with van der Waals surface area (Å²) in [6.45, 7) is 3.96. The zero-order chi connectivity index (χ0) is 11.7. The van der Waals surface area contributed by atoms with Crippen molar-refractivity contribution in [1.29, 1.82) is 0 Å². The fraction of sp³-hybridized carbons (Fsp3) is 0.250. The van der Waals surface area contributed by atoms with Crippen molar-refractivity contribution in [2.75, 3.05) is 0 Å². The number of aromatic nitrogens is 3. The van der Waals surface area contributed by atoms with Crippen molar-refractivity contribution in [2.24, 2.45) is 7.05 Å². The Kier molecular flexibility index (Phi) is 2.56. The molecule has 2 rings (SSSR count). The van der Waals surface area contributed by atoms with Crippen LogP contribution in [0.2, 0.25) is 0 Å². The molecule has 0 bridgehead atoms. The maximum Gasteiger partial charge on any atom is 0.151 e. The first kappa shape index (κ1) is 10.5. The number of nitrogens with zero attached hydrogens (tertiary/aromatic N) is 3. The van der Waals surface area contributed by atoms with Gasteiger partial charge in [-0.25, -0.2) is 0 Å². The van der Waals surface area contributed by atoms with Gasteiger partial charge >= 0.3 is 0 Å². The number of hydrogen-bond acceptors (Lipinski definition) is 3.